The van der Waals surface area contributed by atoms with E-state index in [0.29, 0.717) is 28.0 Å². The first kappa shape index (κ1) is 20.7. The molecule has 0 heterocycles. The molecule has 1 amide bonds. The number of hydrogen-bond acceptors (Lipinski definition) is 5. The number of para-hydroxylation sites is 1. The van der Waals surface area contributed by atoms with Gasteiger partial charge in [0.05, 0.1) is 9.92 Å². The Morgan fingerprint density at radius 1 is 0.931 bits per heavy atom. The van der Waals surface area contributed by atoms with Gasteiger partial charge in [0.25, 0.3) is 5.91 Å². The molecule has 0 radical (unpaired) electrons. The molecular weight excluding hydrogens is 414 g/mol. The molecule has 0 saturated carbocycles. The molecule has 3 aromatic carbocycles. The summed E-state index contributed by atoms with van der Waals surface area (Å²) in [5.74, 6) is 1.17. The number of nitrogens with one attached hydrogen (secondary N) is 1. The van der Waals surface area contributed by atoms with E-state index < -0.39 is 9.84 Å². The van der Waals surface area contributed by atoms with Gasteiger partial charge < -0.3 is 14.8 Å². The molecule has 0 saturated heterocycles. The number of amides is 1. The summed E-state index contributed by atoms with van der Waals surface area (Å²) < 4.78 is 33.9. The quantitative estimate of drug-likeness (QED) is 0.593. The maximum atomic E-state index is 12.1. The lowest BCUT2D eigenvalue weighted by atomic mass is 10.3. The van der Waals surface area contributed by atoms with Crippen LogP contribution < -0.4 is 14.8 Å². The molecule has 1 N–H and O–H groups in total. The summed E-state index contributed by atoms with van der Waals surface area (Å²) >= 11 is 6.06. The Labute approximate surface area is 174 Å². The fourth-order valence-electron chi connectivity index (χ4n) is 2.39. The van der Waals surface area contributed by atoms with E-state index in [9.17, 15) is 13.2 Å². The molecule has 0 fully saturated rings. The second-order valence-corrected chi connectivity index (χ2v) is 8.56. The van der Waals surface area contributed by atoms with Gasteiger partial charge >= 0.3 is 0 Å². The molecule has 3 aromatic rings. The number of halogens is 1. The van der Waals surface area contributed by atoms with Crippen LogP contribution in [0.5, 0.6) is 17.2 Å². The normalized spacial score (nSPS) is 11.0. The van der Waals surface area contributed by atoms with Crippen LogP contribution in [0.4, 0.5) is 5.69 Å². The number of sulfone groups is 1. The van der Waals surface area contributed by atoms with Crippen LogP contribution in [-0.2, 0) is 14.6 Å². The summed E-state index contributed by atoms with van der Waals surface area (Å²) in [6, 6.07) is 19.8. The molecule has 0 atom stereocenters. The van der Waals surface area contributed by atoms with Crippen LogP contribution in [0.3, 0.4) is 0 Å². The lowest BCUT2D eigenvalue weighted by molar-refractivity contribution is -0.118. The van der Waals surface area contributed by atoms with Crippen molar-refractivity contribution in [3.05, 3.63) is 77.8 Å². The molecule has 29 heavy (non-hydrogen) atoms. The van der Waals surface area contributed by atoms with Crippen LogP contribution in [0.15, 0.2) is 77.7 Å². The fourth-order valence-corrected chi connectivity index (χ4v) is 3.19. The van der Waals surface area contributed by atoms with Gasteiger partial charge in [-0.15, -0.1) is 0 Å². The van der Waals surface area contributed by atoms with Gasteiger partial charge in [-0.2, -0.15) is 0 Å². The highest BCUT2D eigenvalue weighted by Crippen LogP contribution is 2.29. The minimum Gasteiger partial charge on any atom is -0.484 e. The van der Waals surface area contributed by atoms with Gasteiger partial charge in [0, 0.05) is 11.9 Å². The van der Waals surface area contributed by atoms with Crippen molar-refractivity contribution >= 4 is 33.0 Å². The number of carbonyl (C=O) groups excluding carboxylic acids is 1. The third-order valence-corrected chi connectivity index (χ3v) is 5.27. The lowest BCUT2D eigenvalue weighted by Gasteiger charge is -2.10. The predicted octanol–water partition coefficient (Wildman–Crippen LogP) is 4.55. The minimum absolute atomic E-state index is 0.188. The predicted molar refractivity (Wildman–Crippen MR) is 112 cm³/mol. The summed E-state index contributed by atoms with van der Waals surface area (Å²) in [4.78, 5) is 12.2. The number of hydrogen-bond donors (Lipinski definition) is 1. The molecule has 150 valence electrons. The number of benzene rings is 3. The van der Waals surface area contributed by atoms with E-state index in [1.807, 2.05) is 12.1 Å². The Bertz CT molecular complexity index is 1100. The second-order valence-electron chi connectivity index (χ2n) is 6.14. The topological polar surface area (TPSA) is 81.7 Å². The summed E-state index contributed by atoms with van der Waals surface area (Å²) in [6.45, 7) is -0.212. The van der Waals surface area contributed by atoms with Crippen molar-refractivity contribution in [2.45, 2.75) is 4.90 Å². The monoisotopic (exact) mass is 431 g/mol. The first-order valence-corrected chi connectivity index (χ1v) is 10.8. The molecule has 0 spiro atoms. The van der Waals surface area contributed by atoms with Crippen molar-refractivity contribution in [1.82, 2.24) is 0 Å². The van der Waals surface area contributed by atoms with Crippen molar-refractivity contribution in [1.29, 1.82) is 0 Å². The van der Waals surface area contributed by atoms with Gasteiger partial charge in [-0.3, -0.25) is 4.79 Å². The van der Waals surface area contributed by atoms with Crippen molar-refractivity contribution in [2.75, 3.05) is 18.2 Å². The average molecular weight is 432 g/mol. The van der Waals surface area contributed by atoms with Gasteiger partial charge in [0.1, 0.15) is 17.2 Å². The first-order valence-electron chi connectivity index (χ1n) is 8.56. The fraction of sp³-hybridized carbons (Fsp3) is 0.0952. The van der Waals surface area contributed by atoms with Crippen LogP contribution in [0.25, 0.3) is 0 Å². The zero-order valence-electron chi connectivity index (χ0n) is 15.5. The molecule has 0 aliphatic rings. The van der Waals surface area contributed by atoms with Crippen LogP contribution in [-0.4, -0.2) is 27.2 Å². The molecule has 0 unspecified atom stereocenters. The standard InChI is InChI=1S/C21H18ClNO5S/c1-29(25,26)18-12-10-16(11-13-18)27-14-21(24)23-15-6-8-17(9-7-15)28-20-5-3-2-4-19(20)22/h2-13H,14H2,1H3,(H,23,24). The molecule has 6 nitrogen and oxygen atoms in total. The summed E-state index contributed by atoms with van der Waals surface area (Å²) in [5.41, 5.74) is 0.581. The Hall–Kier alpha value is -3.03. The highest BCUT2D eigenvalue weighted by molar-refractivity contribution is 7.90. The molecule has 3 rings (SSSR count). The largest absolute Gasteiger partial charge is 0.484 e. The zero-order valence-corrected chi connectivity index (χ0v) is 17.0. The molecule has 0 aliphatic carbocycles. The van der Waals surface area contributed by atoms with Crippen molar-refractivity contribution in [2.24, 2.45) is 0 Å². The summed E-state index contributed by atoms with van der Waals surface area (Å²) in [5, 5.41) is 3.21. The van der Waals surface area contributed by atoms with Gasteiger partial charge in [0.2, 0.25) is 0 Å². The van der Waals surface area contributed by atoms with E-state index >= 15 is 0 Å². The molecular formula is C21H18ClNO5S. The number of anilines is 1. The van der Waals surface area contributed by atoms with E-state index in [4.69, 9.17) is 21.1 Å². The Morgan fingerprint density at radius 3 is 2.17 bits per heavy atom. The van der Waals surface area contributed by atoms with Crippen LogP contribution in [0.1, 0.15) is 0 Å². The number of ether oxygens (including phenoxy) is 2. The Kier molecular flexibility index (Phi) is 6.41. The van der Waals surface area contributed by atoms with Gasteiger partial charge in [-0.1, -0.05) is 23.7 Å². The Morgan fingerprint density at radius 2 is 1.55 bits per heavy atom. The highest BCUT2D eigenvalue weighted by Gasteiger charge is 2.08. The van der Waals surface area contributed by atoms with Gasteiger partial charge in [-0.05, 0) is 60.7 Å². The molecule has 0 aromatic heterocycles. The van der Waals surface area contributed by atoms with E-state index in [0.717, 1.165) is 6.26 Å². The molecule has 0 aliphatic heterocycles. The van der Waals surface area contributed by atoms with Crippen LogP contribution in [0.2, 0.25) is 5.02 Å². The van der Waals surface area contributed by atoms with Crippen LogP contribution >= 0.6 is 11.6 Å². The van der Waals surface area contributed by atoms with E-state index in [1.54, 1.807) is 36.4 Å². The summed E-state index contributed by atoms with van der Waals surface area (Å²) in [6.07, 6.45) is 1.13. The maximum Gasteiger partial charge on any atom is 0.262 e. The van der Waals surface area contributed by atoms with Gasteiger partial charge in [-0.25, -0.2) is 8.42 Å². The summed E-state index contributed by atoms with van der Waals surface area (Å²) in [7, 11) is -3.27. The lowest BCUT2D eigenvalue weighted by Crippen LogP contribution is -2.20. The van der Waals surface area contributed by atoms with Gasteiger partial charge in [0.15, 0.2) is 16.4 Å². The minimum atomic E-state index is -3.27. The van der Waals surface area contributed by atoms with E-state index in [1.165, 1.54) is 24.3 Å². The van der Waals surface area contributed by atoms with Crippen molar-refractivity contribution in [3.8, 4) is 17.2 Å². The first-order chi connectivity index (χ1) is 13.8. The third kappa shape index (κ3) is 5.97. The van der Waals surface area contributed by atoms with Crippen molar-refractivity contribution in [3.63, 3.8) is 0 Å². The van der Waals surface area contributed by atoms with Crippen molar-refractivity contribution < 1.29 is 22.7 Å². The van der Waals surface area contributed by atoms with E-state index in [-0.39, 0.29) is 17.4 Å². The Balaban J connectivity index is 1.52. The average Bonchev–Trinajstić information content (AvgIpc) is 2.69. The highest BCUT2D eigenvalue weighted by atomic mass is 35.5. The van der Waals surface area contributed by atoms with Crippen LogP contribution in [0, 0.1) is 0 Å². The second kappa shape index (κ2) is 8.98. The number of rotatable bonds is 7. The number of carbonyl (C=O) groups is 1. The smallest absolute Gasteiger partial charge is 0.262 e. The van der Waals surface area contributed by atoms with E-state index in [2.05, 4.69) is 5.32 Å². The molecule has 0 bridgehead atoms. The maximum absolute atomic E-state index is 12.1. The zero-order chi connectivity index (χ0) is 20.9. The third-order valence-electron chi connectivity index (χ3n) is 3.82. The SMILES string of the molecule is CS(=O)(=O)c1ccc(OCC(=O)Nc2ccc(Oc3ccccc3Cl)cc2)cc1. The molecule has 8 heteroatoms.